The van der Waals surface area contributed by atoms with Crippen LogP contribution in [0.3, 0.4) is 0 Å². The van der Waals surface area contributed by atoms with Gasteiger partial charge in [0.1, 0.15) is 5.56 Å². The molecule has 0 aliphatic carbocycles. The van der Waals surface area contributed by atoms with E-state index in [4.69, 9.17) is 11.6 Å². The van der Waals surface area contributed by atoms with Gasteiger partial charge in [0.25, 0.3) is 5.56 Å². The number of aromatic nitrogens is 3. The molecule has 0 spiro atoms. The van der Waals surface area contributed by atoms with E-state index < -0.39 is 23.2 Å². The molecule has 0 amide bonds. The third-order valence-corrected chi connectivity index (χ3v) is 5.92. The Morgan fingerprint density at radius 1 is 1.13 bits per heavy atom. The van der Waals surface area contributed by atoms with Gasteiger partial charge in [-0.1, -0.05) is 35.9 Å². The molecule has 1 atom stereocenters. The Hall–Kier alpha value is -3.29. The maximum atomic E-state index is 12.8. The quantitative estimate of drug-likeness (QED) is 0.399. The number of halogens is 1. The molecular formula is C22H19ClN4O3. The van der Waals surface area contributed by atoms with E-state index in [1.165, 1.54) is 0 Å². The number of rotatable bonds is 2. The maximum absolute atomic E-state index is 12.8. The van der Waals surface area contributed by atoms with Gasteiger partial charge < -0.3 is 15.4 Å². The number of aromatic amines is 2. The summed E-state index contributed by atoms with van der Waals surface area (Å²) >= 11 is 6.12. The van der Waals surface area contributed by atoms with Gasteiger partial charge >= 0.3 is 5.69 Å². The number of nitrogens with zero attached hydrogens (tertiary/aromatic N) is 1. The van der Waals surface area contributed by atoms with Crippen molar-refractivity contribution >= 4 is 22.5 Å². The van der Waals surface area contributed by atoms with Gasteiger partial charge in [-0.15, -0.1) is 0 Å². The van der Waals surface area contributed by atoms with Gasteiger partial charge in [0.15, 0.2) is 0 Å². The van der Waals surface area contributed by atoms with Crippen LogP contribution >= 0.6 is 11.6 Å². The molecular weight excluding hydrogens is 404 g/mol. The van der Waals surface area contributed by atoms with Crippen LogP contribution in [0.1, 0.15) is 28.4 Å². The summed E-state index contributed by atoms with van der Waals surface area (Å²) in [4.78, 5) is 31.2. The number of nitrogens with one attached hydrogen (secondary N) is 3. The fourth-order valence-corrected chi connectivity index (χ4v) is 4.44. The minimum Gasteiger partial charge on any atom is -0.494 e. The van der Waals surface area contributed by atoms with Crippen molar-refractivity contribution in [3.8, 4) is 11.6 Å². The molecule has 0 saturated carbocycles. The summed E-state index contributed by atoms with van der Waals surface area (Å²) in [6.07, 6.45) is 0.793. The smallest absolute Gasteiger partial charge is 0.335 e. The largest absolute Gasteiger partial charge is 0.494 e. The Bertz CT molecular complexity index is 1420. The highest BCUT2D eigenvalue weighted by molar-refractivity contribution is 6.30. The molecule has 5 rings (SSSR count). The predicted octanol–water partition coefficient (Wildman–Crippen LogP) is 2.91. The zero-order valence-corrected chi connectivity index (χ0v) is 16.9. The number of aryl methyl sites for hydroxylation is 1. The van der Waals surface area contributed by atoms with Crippen LogP contribution in [0.5, 0.6) is 5.88 Å². The van der Waals surface area contributed by atoms with Crippen molar-refractivity contribution in [3.05, 3.63) is 90.7 Å². The van der Waals surface area contributed by atoms with E-state index in [0.29, 0.717) is 17.3 Å². The van der Waals surface area contributed by atoms with Crippen LogP contribution in [0.4, 0.5) is 0 Å². The second-order valence-corrected chi connectivity index (χ2v) is 7.90. The average molecular weight is 423 g/mol. The fraction of sp³-hybridized carbons (Fsp3) is 0.182. The lowest BCUT2D eigenvalue weighted by molar-refractivity contribution is 0.409. The zero-order chi connectivity index (χ0) is 21.0. The highest BCUT2D eigenvalue weighted by Crippen LogP contribution is 2.35. The third kappa shape index (κ3) is 2.78. The first-order chi connectivity index (χ1) is 14.5. The normalized spacial score (nSPS) is 16.0. The molecule has 2 aromatic heterocycles. The first kappa shape index (κ1) is 18.7. The fourth-order valence-electron chi connectivity index (χ4n) is 4.27. The van der Waals surface area contributed by atoms with E-state index in [-0.39, 0.29) is 5.56 Å². The molecule has 2 aromatic carbocycles. The van der Waals surface area contributed by atoms with E-state index in [2.05, 4.69) is 15.3 Å². The number of hydrogen-bond acceptors (Lipinski definition) is 4. The Balaban J connectivity index is 1.77. The molecule has 4 N–H and O–H groups in total. The summed E-state index contributed by atoms with van der Waals surface area (Å²) in [5, 5.41) is 15.9. The molecule has 0 radical (unpaired) electrons. The SMILES string of the molecule is Cc1ccc(Cl)cc1-n1c(O)c([C@H]2NCCc3c2[nH]c2ccccc32)c(=O)[nH]c1=O. The Kier molecular flexibility index (Phi) is 4.30. The van der Waals surface area contributed by atoms with Crippen LogP contribution in [0.15, 0.2) is 52.1 Å². The molecule has 0 unspecified atom stereocenters. The van der Waals surface area contributed by atoms with E-state index in [0.717, 1.165) is 38.7 Å². The molecule has 30 heavy (non-hydrogen) atoms. The average Bonchev–Trinajstić information content (AvgIpc) is 3.10. The van der Waals surface area contributed by atoms with Gasteiger partial charge in [-0.05, 0) is 42.7 Å². The highest BCUT2D eigenvalue weighted by Gasteiger charge is 2.31. The van der Waals surface area contributed by atoms with Crippen molar-refractivity contribution in [2.75, 3.05) is 6.54 Å². The van der Waals surface area contributed by atoms with Crippen LogP contribution < -0.4 is 16.6 Å². The van der Waals surface area contributed by atoms with Gasteiger partial charge in [-0.25, -0.2) is 9.36 Å². The van der Waals surface area contributed by atoms with Crippen LogP contribution in [-0.4, -0.2) is 26.2 Å². The summed E-state index contributed by atoms with van der Waals surface area (Å²) in [6.45, 7) is 2.44. The van der Waals surface area contributed by atoms with Gasteiger partial charge in [0.2, 0.25) is 5.88 Å². The van der Waals surface area contributed by atoms with Gasteiger partial charge in [0.05, 0.1) is 11.7 Å². The van der Waals surface area contributed by atoms with E-state index in [1.807, 2.05) is 24.3 Å². The summed E-state index contributed by atoms with van der Waals surface area (Å²) in [6, 6.07) is 12.4. The lowest BCUT2D eigenvalue weighted by Crippen LogP contribution is -2.38. The molecule has 0 bridgehead atoms. The number of hydrogen-bond donors (Lipinski definition) is 4. The van der Waals surface area contributed by atoms with Crippen molar-refractivity contribution in [2.45, 2.75) is 19.4 Å². The van der Waals surface area contributed by atoms with Crippen molar-refractivity contribution in [2.24, 2.45) is 0 Å². The number of fused-ring (bicyclic) bond motifs is 3. The topological polar surface area (TPSA) is 103 Å². The second-order valence-electron chi connectivity index (χ2n) is 7.46. The maximum Gasteiger partial charge on any atom is 0.335 e. The first-order valence-electron chi connectivity index (χ1n) is 9.63. The minimum atomic E-state index is -0.723. The van der Waals surface area contributed by atoms with E-state index >= 15 is 0 Å². The Morgan fingerprint density at radius 3 is 2.77 bits per heavy atom. The summed E-state index contributed by atoms with van der Waals surface area (Å²) in [7, 11) is 0. The van der Waals surface area contributed by atoms with E-state index in [1.54, 1.807) is 25.1 Å². The van der Waals surface area contributed by atoms with Crippen molar-refractivity contribution in [1.82, 2.24) is 19.9 Å². The first-order valence-corrected chi connectivity index (χ1v) is 10.0. The summed E-state index contributed by atoms with van der Waals surface area (Å²) in [5.41, 5.74) is 2.76. The number of aromatic hydroxyl groups is 1. The van der Waals surface area contributed by atoms with Gasteiger partial charge in [-0.3, -0.25) is 9.78 Å². The standard InChI is InChI=1S/C22H19ClN4O3/c1-11-6-7-12(23)10-16(11)27-21(29)17(20(28)26-22(27)30)19-18-14(8-9-24-19)13-4-2-3-5-15(13)25-18/h2-7,10,19,24-25,29H,8-9H2,1H3,(H,26,28,30)/t19-/m1/s1. The third-order valence-electron chi connectivity index (χ3n) is 5.68. The van der Waals surface area contributed by atoms with Gasteiger partial charge in [0, 0.05) is 28.2 Å². The van der Waals surface area contributed by atoms with Crippen molar-refractivity contribution in [3.63, 3.8) is 0 Å². The van der Waals surface area contributed by atoms with Crippen molar-refractivity contribution in [1.29, 1.82) is 0 Å². The number of H-pyrrole nitrogens is 2. The van der Waals surface area contributed by atoms with Crippen LogP contribution in [0, 0.1) is 6.92 Å². The molecule has 4 aromatic rings. The highest BCUT2D eigenvalue weighted by atomic mass is 35.5. The summed E-state index contributed by atoms with van der Waals surface area (Å²) < 4.78 is 1.09. The van der Waals surface area contributed by atoms with Gasteiger partial charge in [-0.2, -0.15) is 0 Å². The molecule has 0 saturated heterocycles. The molecule has 152 valence electrons. The molecule has 8 heteroatoms. The van der Waals surface area contributed by atoms with Crippen LogP contribution in [-0.2, 0) is 6.42 Å². The second kappa shape index (κ2) is 6.90. The number of para-hydroxylation sites is 1. The summed E-state index contributed by atoms with van der Waals surface area (Å²) in [5.74, 6) is -0.405. The Labute approximate surface area is 176 Å². The number of benzene rings is 2. The van der Waals surface area contributed by atoms with E-state index in [9.17, 15) is 14.7 Å². The lowest BCUT2D eigenvalue weighted by Gasteiger charge is -2.25. The molecule has 0 fully saturated rings. The Morgan fingerprint density at radius 2 is 1.93 bits per heavy atom. The lowest BCUT2D eigenvalue weighted by atomic mass is 9.95. The molecule has 1 aliphatic heterocycles. The minimum absolute atomic E-state index is 0.0847. The van der Waals surface area contributed by atoms with Crippen LogP contribution in [0.25, 0.3) is 16.6 Å². The monoisotopic (exact) mass is 422 g/mol. The van der Waals surface area contributed by atoms with Crippen LogP contribution in [0.2, 0.25) is 5.02 Å². The molecule has 1 aliphatic rings. The molecule has 3 heterocycles. The predicted molar refractivity (Wildman–Crippen MR) is 116 cm³/mol. The zero-order valence-electron chi connectivity index (χ0n) is 16.1. The molecule has 7 nitrogen and oxygen atoms in total. The van der Waals surface area contributed by atoms with Crippen molar-refractivity contribution < 1.29 is 5.11 Å².